The van der Waals surface area contributed by atoms with Crippen LogP contribution in [0.25, 0.3) is 0 Å². The summed E-state index contributed by atoms with van der Waals surface area (Å²) in [6, 6.07) is 2.19. The van der Waals surface area contributed by atoms with Crippen molar-refractivity contribution in [3.8, 4) is 0 Å². The van der Waals surface area contributed by atoms with Crippen LogP contribution in [0.2, 0.25) is 58.2 Å². The van der Waals surface area contributed by atoms with Gasteiger partial charge in [-0.25, -0.2) is 0 Å². The summed E-state index contributed by atoms with van der Waals surface area (Å²) in [7, 11) is -1.12. The molecule has 1 atom stereocenters. The van der Waals surface area contributed by atoms with Gasteiger partial charge in [-0.05, 0) is 0 Å². The molecule has 0 amide bonds. The Kier molecular flexibility index (Phi) is 11.1. The minimum atomic E-state index is -2.93. The zero-order chi connectivity index (χ0) is 25.0. The maximum atomic E-state index is 6.24. The summed E-state index contributed by atoms with van der Waals surface area (Å²) in [5.74, 6) is 0. The Balaban J connectivity index is 4.32. The molecule has 1 rings (SSSR count). The first kappa shape index (κ1) is 30.2. The van der Waals surface area contributed by atoms with Gasteiger partial charge in [0.25, 0.3) is 0 Å². The predicted molar refractivity (Wildman–Crippen MR) is 147 cm³/mol. The Hall–Kier alpha value is 0.179. The van der Waals surface area contributed by atoms with E-state index in [0.29, 0.717) is 0 Å². The van der Waals surface area contributed by atoms with Crippen molar-refractivity contribution in [3.05, 3.63) is 45.2 Å². The van der Waals surface area contributed by atoms with Gasteiger partial charge in [-0.1, -0.05) is 0 Å². The molecule has 0 radical (unpaired) electrons. The molecule has 0 aliphatic heterocycles. The van der Waals surface area contributed by atoms with Gasteiger partial charge in [0, 0.05) is 0 Å². The molecule has 0 aromatic rings. The van der Waals surface area contributed by atoms with Crippen LogP contribution in [-0.4, -0.2) is 46.3 Å². The van der Waals surface area contributed by atoms with Crippen molar-refractivity contribution in [3.63, 3.8) is 0 Å². The van der Waals surface area contributed by atoms with Crippen molar-refractivity contribution in [2.45, 2.75) is 85.9 Å². The number of rotatable bonds is 14. The molecule has 0 N–H and O–H groups in total. The van der Waals surface area contributed by atoms with Crippen LogP contribution in [0, 0.1) is 0 Å². The van der Waals surface area contributed by atoms with E-state index in [0.717, 1.165) is 12.1 Å². The van der Waals surface area contributed by atoms with Gasteiger partial charge in [-0.15, -0.1) is 0 Å². The van der Waals surface area contributed by atoms with Crippen LogP contribution < -0.4 is 0 Å². The zero-order valence-corrected chi connectivity index (χ0v) is 28.0. The van der Waals surface area contributed by atoms with Gasteiger partial charge in [-0.2, -0.15) is 0 Å². The summed E-state index contributed by atoms with van der Waals surface area (Å²) in [5.41, 5.74) is 1.65. The van der Waals surface area contributed by atoms with Gasteiger partial charge >= 0.3 is 207 Å². The van der Waals surface area contributed by atoms with Crippen LogP contribution in [-0.2, 0) is 29.3 Å². The van der Waals surface area contributed by atoms with Crippen molar-refractivity contribution in [1.29, 1.82) is 0 Å². The van der Waals surface area contributed by atoms with E-state index in [2.05, 4.69) is 79.2 Å². The van der Waals surface area contributed by atoms with Gasteiger partial charge in [0.05, 0.1) is 0 Å². The first-order chi connectivity index (χ1) is 14.9. The molecular formula is C25H50O3PtSi3. The minimum absolute atomic E-state index is 0.164. The van der Waals surface area contributed by atoms with E-state index in [4.69, 9.17) is 13.3 Å². The van der Waals surface area contributed by atoms with E-state index < -0.39 is 41.0 Å². The number of hydrogen-bond donors (Lipinski definition) is 0. The SMILES string of the molecule is C=CC[Si](C)(C)C1=C(C)C([Si](OC)(OC)OC)[C]([Pt]([CH2]C)([CH2]C)[CH2]C)=C1[Si](C)(C)CC=C. The summed E-state index contributed by atoms with van der Waals surface area (Å²) < 4.78 is 20.5. The molecule has 190 valence electrons. The quantitative estimate of drug-likeness (QED) is 0.137. The molecule has 3 nitrogen and oxygen atoms in total. The fraction of sp³-hybridized carbons (Fsp3) is 0.680. The second-order valence-electron chi connectivity index (χ2n) is 9.63. The molecule has 32 heavy (non-hydrogen) atoms. The van der Waals surface area contributed by atoms with Gasteiger partial charge in [0.2, 0.25) is 0 Å². The molecule has 1 unspecified atom stereocenters. The van der Waals surface area contributed by atoms with Crippen LogP contribution >= 0.6 is 0 Å². The zero-order valence-electron chi connectivity index (χ0n) is 22.7. The first-order valence-corrected chi connectivity index (χ1v) is 25.9. The first-order valence-electron chi connectivity index (χ1n) is 11.7. The summed E-state index contributed by atoms with van der Waals surface area (Å²) in [5, 5.41) is 3.44. The van der Waals surface area contributed by atoms with Gasteiger partial charge in [-0.3, -0.25) is 0 Å². The Morgan fingerprint density at radius 2 is 1.16 bits per heavy atom. The fourth-order valence-electron chi connectivity index (χ4n) is 5.42. The summed E-state index contributed by atoms with van der Waals surface area (Å²) in [6.45, 7) is 28.1. The molecule has 0 spiro atoms. The average Bonchev–Trinajstić information content (AvgIpc) is 3.08. The normalized spacial score (nSPS) is 19.0. The fourth-order valence-corrected chi connectivity index (χ4v) is 31.7. The molecule has 0 fully saturated rings. The maximum absolute atomic E-state index is 6.24. The Bertz CT molecular complexity index is 731. The molecule has 0 aromatic heterocycles. The molecule has 7 heteroatoms. The second-order valence-corrected chi connectivity index (χ2v) is 33.9. The van der Waals surface area contributed by atoms with Crippen molar-refractivity contribution in [1.82, 2.24) is 0 Å². The van der Waals surface area contributed by atoms with E-state index in [1.54, 1.807) is 35.7 Å². The third-order valence-electron chi connectivity index (χ3n) is 7.05. The molecule has 0 bridgehead atoms. The summed E-state index contributed by atoms with van der Waals surface area (Å²) >= 11 is -2.33. The van der Waals surface area contributed by atoms with Crippen molar-refractivity contribution >= 4 is 25.0 Å². The van der Waals surface area contributed by atoms with Gasteiger partial charge < -0.3 is 0 Å². The molecule has 1 aliphatic carbocycles. The van der Waals surface area contributed by atoms with Crippen LogP contribution in [0.1, 0.15) is 27.7 Å². The van der Waals surface area contributed by atoms with Gasteiger partial charge in [0.1, 0.15) is 0 Å². The summed E-state index contributed by atoms with van der Waals surface area (Å²) in [6.07, 6.45) is 4.30. The molecule has 0 heterocycles. The van der Waals surface area contributed by atoms with E-state index in [1.165, 1.54) is 20.0 Å². The third-order valence-corrected chi connectivity index (χ3v) is 31.1. The van der Waals surface area contributed by atoms with E-state index in [9.17, 15) is 0 Å². The molecule has 0 saturated carbocycles. The van der Waals surface area contributed by atoms with E-state index >= 15 is 0 Å². The van der Waals surface area contributed by atoms with Crippen LogP contribution in [0.15, 0.2) is 45.2 Å². The average molecular weight is 678 g/mol. The molecular weight excluding hydrogens is 628 g/mol. The van der Waals surface area contributed by atoms with Crippen molar-refractivity contribution < 1.29 is 29.3 Å². The van der Waals surface area contributed by atoms with Crippen LogP contribution in [0.4, 0.5) is 0 Å². The van der Waals surface area contributed by atoms with E-state index in [-0.39, 0.29) is 5.54 Å². The monoisotopic (exact) mass is 677 g/mol. The van der Waals surface area contributed by atoms with Crippen LogP contribution in [0.5, 0.6) is 0 Å². The standard InChI is InChI=1S/C19H35O3Si3.3C2H5.Pt/c1-11-13-23(7,8)18-15-17(25(20-4,21-5)22-6)16(3)19(18)24(9,10)14-12-2;3*1-2;/h11-12,17H,1-2,13-14H2,3-10H3;3*1H2,2H3;. The van der Waals surface area contributed by atoms with Crippen LogP contribution in [0.3, 0.4) is 0 Å². The molecule has 0 saturated heterocycles. The Morgan fingerprint density at radius 3 is 1.47 bits per heavy atom. The topological polar surface area (TPSA) is 27.7 Å². The number of allylic oxidation sites excluding steroid dienone is 6. The summed E-state index contributed by atoms with van der Waals surface area (Å²) in [4.78, 5) is 3.87. The van der Waals surface area contributed by atoms with E-state index in [1.807, 2.05) is 0 Å². The number of hydrogen-bond acceptors (Lipinski definition) is 3. The van der Waals surface area contributed by atoms with Gasteiger partial charge in [0.15, 0.2) is 0 Å². The Labute approximate surface area is 206 Å². The second kappa shape index (κ2) is 11.7. The predicted octanol–water partition coefficient (Wildman–Crippen LogP) is 8.15. The molecule has 0 aromatic carbocycles. The Morgan fingerprint density at radius 1 is 0.781 bits per heavy atom. The van der Waals surface area contributed by atoms with Crippen molar-refractivity contribution in [2.24, 2.45) is 0 Å². The molecule has 1 aliphatic rings. The third kappa shape index (κ3) is 5.22. The van der Waals surface area contributed by atoms with Crippen molar-refractivity contribution in [2.75, 3.05) is 21.3 Å².